The molecule has 1 amide bonds. The number of nitrogens with zero attached hydrogens (tertiary/aromatic N) is 1. The molecule has 0 aliphatic heterocycles. The first-order valence-corrected chi connectivity index (χ1v) is 8.37. The Morgan fingerprint density at radius 3 is 2.96 bits per heavy atom. The summed E-state index contributed by atoms with van der Waals surface area (Å²) in [5, 5.41) is 11.8. The first kappa shape index (κ1) is 16.2. The Morgan fingerprint density at radius 2 is 2.12 bits per heavy atom. The number of hydrogen-bond donors (Lipinski definition) is 2. The van der Waals surface area contributed by atoms with Crippen LogP contribution < -0.4 is 10.2 Å². The average Bonchev–Trinajstić information content (AvgIpc) is 2.61. The normalized spacial score (nSPS) is 17.4. The molecule has 2 N–H and O–H groups in total. The summed E-state index contributed by atoms with van der Waals surface area (Å²) < 4.78 is 0. The molecule has 0 saturated heterocycles. The van der Waals surface area contributed by atoms with Gasteiger partial charge in [0.2, 0.25) is 0 Å². The molecule has 4 nitrogen and oxygen atoms in total. The van der Waals surface area contributed by atoms with E-state index >= 15 is 0 Å². The Bertz CT molecular complexity index is 778. The Morgan fingerprint density at radius 1 is 1.29 bits per heavy atom. The van der Waals surface area contributed by atoms with Gasteiger partial charge in [0.15, 0.2) is 6.54 Å². The van der Waals surface area contributed by atoms with Crippen molar-refractivity contribution in [3.05, 3.63) is 65.2 Å². The number of fused-ring (bicyclic) bond motifs is 1. The van der Waals surface area contributed by atoms with Gasteiger partial charge in [-0.25, -0.2) is 0 Å². The third-order valence-corrected chi connectivity index (χ3v) is 4.68. The lowest BCUT2D eigenvalue weighted by molar-refractivity contribution is -0.905. The van der Waals surface area contributed by atoms with E-state index in [9.17, 15) is 4.79 Å². The largest absolute Gasteiger partial charge is 0.323 e. The van der Waals surface area contributed by atoms with Gasteiger partial charge in [0.25, 0.3) is 5.91 Å². The van der Waals surface area contributed by atoms with Crippen molar-refractivity contribution in [2.75, 3.05) is 18.9 Å². The average molecular weight is 320 g/mol. The topological polar surface area (TPSA) is 57.3 Å². The Balaban J connectivity index is 1.66. The first-order chi connectivity index (χ1) is 11.7. The van der Waals surface area contributed by atoms with Crippen molar-refractivity contribution < 1.29 is 9.69 Å². The van der Waals surface area contributed by atoms with Gasteiger partial charge in [-0.1, -0.05) is 30.3 Å². The van der Waals surface area contributed by atoms with Crippen LogP contribution in [0.4, 0.5) is 5.69 Å². The lowest BCUT2D eigenvalue weighted by Crippen LogP contribution is -3.10. The van der Waals surface area contributed by atoms with Gasteiger partial charge in [-0.2, -0.15) is 5.26 Å². The van der Waals surface area contributed by atoms with Gasteiger partial charge in [-0.3, -0.25) is 4.79 Å². The van der Waals surface area contributed by atoms with Crippen molar-refractivity contribution in [1.82, 2.24) is 0 Å². The number of anilines is 1. The summed E-state index contributed by atoms with van der Waals surface area (Å²) in [6.45, 7) is 0.412. The second-order valence-electron chi connectivity index (χ2n) is 6.41. The molecular weight excluding hydrogens is 298 g/mol. The molecule has 0 aromatic heterocycles. The highest BCUT2D eigenvalue weighted by Crippen LogP contribution is 2.27. The van der Waals surface area contributed by atoms with Crippen LogP contribution in [0.25, 0.3) is 0 Å². The van der Waals surface area contributed by atoms with Crippen molar-refractivity contribution >= 4 is 11.6 Å². The molecule has 122 valence electrons. The minimum Gasteiger partial charge on any atom is -0.323 e. The molecule has 1 aliphatic carbocycles. The van der Waals surface area contributed by atoms with E-state index in [0.29, 0.717) is 23.8 Å². The Hall–Kier alpha value is -2.64. The summed E-state index contributed by atoms with van der Waals surface area (Å²) in [6.07, 6.45) is 3.41. The molecule has 3 rings (SSSR count). The van der Waals surface area contributed by atoms with Gasteiger partial charge in [0.05, 0.1) is 18.7 Å². The molecule has 2 aromatic rings. The number of quaternary nitrogens is 1. The van der Waals surface area contributed by atoms with Crippen molar-refractivity contribution in [1.29, 1.82) is 5.26 Å². The predicted octanol–water partition coefficient (Wildman–Crippen LogP) is 2.09. The number of likely N-dealkylation sites (N-methyl/N-ethyl adjacent to an activating group) is 1. The quantitative estimate of drug-likeness (QED) is 0.906. The fourth-order valence-electron chi connectivity index (χ4n) is 3.51. The Labute approximate surface area is 142 Å². The molecule has 0 spiro atoms. The van der Waals surface area contributed by atoms with Gasteiger partial charge < -0.3 is 10.2 Å². The highest BCUT2D eigenvalue weighted by atomic mass is 16.2. The smallest absolute Gasteiger partial charge is 0.279 e. The third kappa shape index (κ3) is 3.64. The van der Waals surface area contributed by atoms with Crippen LogP contribution in [0.5, 0.6) is 0 Å². The van der Waals surface area contributed by atoms with Crippen molar-refractivity contribution in [2.45, 2.75) is 25.3 Å². The highest BCUT2D eigenvalue weighted by Gasteiger charge is 2.27. The standard InChI is InChI=1S/C20H21N3O/c1-23(19-11-5-8-16-7-2-3-10-18(16)19)14-20(24)22-17-9-4-6-15(12-17)13-21/h2-4,6-7,9-10,12,19H,5,8,11,14H2,1H3,(H,22,24)/p+1/t19-/m1/s1. The molecule has 0 saturated carbocycles. The van der Waals surface area contributed by atoms with E-state index < -0.39 is 0 Å². The van der Waals surface area contributed by atoms with Crippen molar-refractivity contribution in [2.24, 2.45) is 0 Å². The molecule has 2 atom stereocenters. The van der Waals surface area contributed by atoms with E-state index in [4.69, 9.17) is 5.26 Å². The summed E-state index contributed by atoms with van der Waals surface area (Å²) >= 11 is 0. The van der Waals surface area contributed by atoms with E-state index in [0.717, 1.165) is 12.8 Å². The molecule has 0 heterocycles. The van der Waals surface area contributed by atoms with Crippen LogP contribution in [-0.2, 0) is 11.2 Å². The highest BCUT2D eigenvalue weighted by molar-refractivity contribution is 5.91. The van der Waals surface area contributed by atoms with E-state index in [2.05, 4.69) is 42.7 Å². The second kappa shape index (κ2) is 7.29. The molecule has 1 aliphatic rings. The van der Waals surface area contributed by atoms with Crippen LogP contribution in [0.15, 0.2) is 48.5 Å². The van der Waals surface area contributed by atoms with Gasteiger partial charge in [-0.05, 0) is 36.6 Å². The van der Waals surface area contributed by atoms with Crippen LogP contribution >= 0.6 is 0 Å². The van der Waals surface area contributed by atoms with E-state index in [1.165, 1.54) is 22.4 Å². The first-order valence-electron chi connectivity index (χ1n) is 8.37. The lowest BCUT2D eigenvalue weighted by Gasteiger charge is -2.30. The van der Waals surface area contributed by atoms with Gasteiger partial charge in [-0.15, -0.1) is 0 Å². The number of hydrogen-bond acceptors (Lipinski definition) is 2. The molecule has 0 radical (unpaired) electrons. The maximum atomic E-state index is 12.4. The summed E-state index contributed by atoms with van der Waals surface area (Å²) in [4.78, 5) is 13.6. The van der Waals surface area contributed by atoms with Gasteiger partial charge in [0.1, 0.15) is 6.04 Å². The number of carbonyl (C=O) groups is 1. The fraction of sp³-hybridized carbons (Fsp3) is 0.300. The zero-order valence-electron chi connectivity index (χ0n) is 13.9. The summed E-state index contributed by atoms with van der Waals surface area (Å²) in [5.41, 5.74) is 4.02. The molecule has 24 heavy (non-hydrogen) atoms. The molecule has 4 heteroatoms. The van der Waals surface area contributed by atoms with E-state index in [1.807, 2.05) is 6.07 Å². The monoisotopic (exact) mass is 320 g/mol. The van der Waals surface area contributed by atoms with Crippen LogP contribution in [-0.4, -0.2) is 19.5 Å². The van der Waals surface area contributed by atoms with Gasteiger partial charge in [0, 0.05) is 17.7 Å². The summed E-state index contributed by atoms with van der Waals surface area (Å²) in [7, 11) is 2.08. The lowest BCUT2D eigenvalue weighted by atomic mass is 9.87. The van der Waals surface area contributed by atoms with Crippen molar-refractivity contribution in [3.63, 3.8) is 0 Å². The predicted molar refractivity (Wildman–Crippen MR) is 93.7 cm³/mol. The van der Waals surface area contributed by atoms with Crippen LogP contribution in [0.1, 0.15) is 35.6 Å². The minimum absolute atomic E-state index is 0.0226. The fourth-order valence-corrected chi connectivity index (χ4v) is 3.51. The maximum Gasteiger partial charge on any atom is 0.279 e. The Kier molecular flexibility index (Phi) is 4.93. The molecule has 0 fully saturated rings. The number of benzene rings is 2. The molecule has 1 unspecified atom stereocenters. The molecular formula is C20H22N3O+. The van der Waals surface area contributed by atoms with Gasteiger partial charge >= 0.3 is 0 Å². The van der Waals surface area contributed by atoms with Crippen molar-refractivity contribution in [3.8, 4) is 6.07 Å². The SMILES string of the molecule is C[NH+](CC(=O)Nc1cccc(C#N)c1)[C@@H]1CCCc2ccccc21. The number of rotatable bonds is 4. The zero-order valence-corrected chi connectivity index (χ0v) is 13.9. The molecule has 2 aromatic carbocycles. The second-order valence-corrected chi connectivity index (χ2v) is 6.41. The number of carbonyl (C=O) groups excluding carboxylic acids is 1. The number of amides is 1. The maximum absolute atomic E-state index is 12.4. The summed E-state index contributed by atoms with van der Waals surface area (Å²) in [6, 6.07) is 18.0. The summed E-state index contributed by atoms with van der Waals surface area (Å²) in [5.74, 6) is -0.0226. The van der Waals surface area contributed by atoms with E-state index in [-0.39, 0.29) is 5.91 Å². The third-order valence-electron chi connectivity index (χ3n) is 4.68. The van der Waals surface area contributed by atoms with Crippen LogP contribution in [0.2, 0.25) is 0 Å². The van der Waals surface area contributed by atoms with Crippen LogP contribution in [0.3, 0.4) is 0 Å². The zero-order chi connectivity index (χ0) is 16.9. The minimum atomic E-state index is -0.0226. The molecule has 0 bridgehead atoms. The number of nitriles is 1. The number of nitrogens with one attached hydrogen (secondary N) is 2. The van der Waals surface area contributed by atoms with E-state index in [1.54, 1.807) is 18.2 Å². The van der Waals surface area contributed by atoms with Crippen LogP contribution in [0, 0.1) is 11.3 Å². The number of aryl methyl sites for hydroxylation is 1.